The standard InChI is InChI=1S/C37H25N3O/c1-37(2)27-17-9-6-15-25(27)31-28(37)21-20-24-23-14-7-10-18-29(23)40(33(24)31)36-34-32(26-16-8-11-19-30(26)41-34)38-35(39-36)22-12-4-3-5-13-22/h3-21H,1-2H3. The molecule has 41 heavy (non-hydrogen) atoms. The Morgan fingerprint density at radius 3 is 2.24 bits per heavy atom. The lowest BCUT2D eigenvalue weighted by Gasteiger charge is -2.21. The molecule has 0 atom stereocenters. The van der Waals surface area contributed by atoms with Crippen molar-refractivity contribution in [2.45, 2.75) is 19.3 Å². The second-order valence-electron chi connectivity index (χ2n) is 11.4. The molecular formula is C37H25N3O. The summed E-state index contributed by atoms with van der Waals surface area (Å²) < 4.78 is 8.90. The molecule has 1 aliphatic carbocycles. The van der Waals surface area contributed by atoms with E-state index in [2.05, 4.69) is 97.3 Å². The molecule has 9 rings (SSSR count). The van der Waals surface area contributed by atoms with Crippen LogP contribution in [0.4, 0.5) is 0 Å². The summed E-state index contributed by atoms with van der Waals surface area (Å²) in [6.45, 7) is 4.65. The van der Waals surface area contributed by atoms with Crippen LogP contribution < -0.4 is 0 Å². The molecule has 1 aliphatic rings. The van der Waals surface area contributed by atoms with Gasteiger partial charge in [0, 0.05) is 32.7 Å². The lowest BCUT2D eigenvalue weighted by molar-refractivity contribution is 0.660. The van der Waals surface area contributed by atoms with Gasteiger partial charge in [-0.2, -0.15) is 0 Å². The first kappa shape index (κ1) is 22.6. The van der Waals surface area contributed by atoms with E-state index in [0.717, 1.165) is 38.9 Å². The lowest BCUT2D eigenvalue weighted by atomic mass is 9.82. The van der Waals surface area contributed by atoms with Crippen LogP contribution in [-0.4, -0.2) is 14.5 Å². The SMILES string of the molecule is CC1(C)c2ccccc2-c2c1ccc1c3ccccc3n(-c3nc(-c4ccccc4)nc4c3oc3ccccc34)c21. The lowest BCUT2D eigenvalue weighted by Crippen LogP contribution is -2.14. The molecule has 0 bridgehead atoms. The minimum Gasteiger partial charge on any atom is -0.450 e. The molecule has 0 saturated carbocycles. The number of furan rings is 1. The highest BCUT2D eigenvalue weighted by Crippen LogP contribution is 2.53. The van der Waals surface area contributed by atoms with Crippen LogP contribution in [0, 0.1) is 0 Å². The van der Waals surface area contributed by atoms with Crippen LogP contribution in [0.2, 0.25) is 0 Å². The predicted molar refractivity (Wildman–Crippen MR) is 167 cm³/mol. The van der Waals surface area contributed by atoms with Crippen molar-refractivity contribution in [3.05, 3.63) is 126 Å². The summed E-state index contributed by atoms with van der Waals surface area (Å²) in [5, 5.41) is 3.38. The van der Waals surface area contributed by atoms with Crippen molar-refractivity contribution in [2.24, 2.45) is 0 Å². The fourth-order valence-electron chi connectivity index (χ4n) is 6.91. The van der Waals surface area contributed by atoms with Gasteiger partial charge in [0.15, 0.2) is 17.2 Å². The summed E-state index contributed by atoms with van der Waals surface area (Å²) in [5.41, 5.74) is 10.6. The topological polar surface area (TPSA) is 43.9 Å². The number of aromatic nitrogens is 3. The average Bonchev–Trinajstić information content (AvgIpc) is 3.63. The van der Waals surface area contributed by atoms with Gasteiger partial charge < -0.3 is 4.42 Å². The van der Waals surface area contributed by atoms with Gasteiger partial charge >= 0.3 is 0 Å². The third kappa shape index (κ3) is 2.94. The van der Waals surface area contributed by atoms with E-state index in [0.29, 0.717) is 11.4 Å². The Bertz CT molecular complexity index is 2340. The van der Waals surface area contributed by atoms with E-state index >= 15 is 0 Å². The highest BCUT2D eigenvalue weighted by molar-refractivity contribution is 6.16. The Balaban J connectivity index is 1.51. The molecule has 4 heteroatoms. The van der Waals surface area contributed by atoms with E-state index < -0.39 is 0 Å². The zero-order valence-corrected chi connectivity index (χ0v) is 22.7. The van der Waals surface area contributed by atoms with Crippen LogP contribution in [0.3, 0.4) is 0 Å². The molecule has 4 nitrogen and oxygen atoms in total. The zero-order chi connectivity index (χ0) is 27.3. The van der Waals surface area contributed by atoms with Crippen LogP contribution >= 0.6 is 0 Å². The van der Waals surface area contributed by atoms with Gasteiger partial charge in [-0.15, -0.1) is 0 Å². The first-order valence-corrected chi connectivity index (χ1v) is 14.0. The van der Waals surface area contributed by atoms with E-state index in [-0.39, 0.29) is 5.41 Å². The molecule has 194 valence electrons. The normalized spacial score (nSPS) is 13.8. The van der Waals surface area contributed by atoms with Gasteiger partial charge in [-0.3, -0.25) is 4.57 Å². The molecule has 3 heterocycles. The second kappa shape index (κ2) is 7.92. The highest BCUT2D eigenvalue weighted by Gasteiger charge is 2.38. The molecule has 0 fully saturated rings. The smallest absolute Gasteiger partial charge is 0.197 e. The van der Waals surface area contributed by atoms with Crippen molar-refractivity contribution in [2.75, 3.05) is 0 Å². The number of para-hydroxylation sites is 2. The maximum absolute atomic E-state index is 6.58. The number of fused-ring (bicyclic) bond motifs is 10. The number of rotatable bonds is 2. The van der Waals surface area contributed by atoms with Gasteiger partial charge in [-0.05, 0) is 34.9 Å². The maximum Gasteiger partial charge on any atom is 0.197 e. The van der Waals surface area contributed by atoms with Gasteiger partial charge in [0.25, 0.3) is 0 Å². The van der Waals surface area contributed by atoms with Crippen LogP contribution in [-0.2, 0) is 5.41 Å². The molecule has 0 radical (unpaired) electrons. The molecule has 5 aromatic carbocycles. The van der Waals surface area contributed by atoms with Crippen molar-refractivity contribution in [1.29, 1.82) is 0 Å². The first-order chi connectivity index (χ1) is 20.1. The summed E-state index contributed by atoms with van der Waals surface area (Å²) in [6, 6.07) is 40.4. The van der Waals surface area contributed by atoms with Crippen molar-refractivity contribution in [3.63, 3.8) is 0 Å². The largest absolute Gasteiger partial charge is 0.450 e. The molecule has 0 aliphatic heterocycles. The summed E-state index contributed by atoms with van der Waals surface area (Å²) in [4.78, 5) is 10.4. The zero-order valence-electron chi connectivity index (χ0n) is 22.7. The quantitative estimate of drug-likeness (QED) is 0.225. The average molecular weight is 528 g/mol. The fourth-order valence-corrected chi connectivity index (χ4v) is 6.91. The summed E-state index contributed by atoms with van der Waals surface area (Å²) in [7, 11) is 0. The van der Waals surface area contributed by atoms with E-state index in [1.54, 1.807) is 0 Å². The number of hydrogen-bond acceptors (Lipinski definition) is 3. The molecule has 0 amide bonds. The van der Waals surface area contributed by atoms with E-state index in [4.69, 9.17) is 14.4 Å². The summed E-state index contributed by atoms with van der Waals surface area (Å²) >= 11 is 0. The van der Waals surface area contributed by atoms with Crippen LogP contribution in [0.15, 0.2) is 120 Å². The van der Waals surface area contributed by atoms with Gasteiger partial charge in [-0.1, -0.05) is 111 Å². The number of hydrogen-bond donors (Lipinski definition) is 0. The van der Waals surface area contributed by atoms with Crippen molar-refractivity contribution < 1.29 is 4.42 Å². The third-order valence-corrected chi connectivity index (χ3v) is 8.83. The Labute approximate surface area is 236 Å². The predicted octanol–water partition coefficient (Wildman–Crippen LogP) is 9.45. The number of benzene rings is 5. The Kier molecular flexibility index (Phi) is 4.36. The van der Waals surface area contributed by atoms with Crippen LogP contribution in [0.25, 0.3) is 72.2 Å². The minimum atomic E-state index is -0.114. The second-order valence-corrected chi connectivity index (χ2v) is 11.4. The maximum atomic E-state index is 6.58. The fraction of sp³-hybridized carbons (Fsp3) is 0.0811. The van der Waals surface area contributed by atoms with Crippen molar-refractivity contribution in [3.8, 4) is 28.3 Å². The molecule has 0 saturated heterocycles. The molecule has 0 N–H and O–H groups in total. The van der Waals surface area contributed by atoms with E-state index in [9.17, 15) is 0 Å². The molecule has 0 unspecified atom stereocenters. The van der Waals surface area contributed by atoms with Crippen molar-refractivity contribution >= 4 is 43.9 Å². The Hall–Kier alpha value is -5.22. The summed E-state index contributed by atoms with van der Waals surface area (Å²) in [5.74, 6) is 1.44. The van der Waals surface area contributed by atoms with Gasteiger partial charge in [0.1, 0.15) is 11.1 Å². The molecular weight excluding hydrogens is 502 g/mol. The van der Waals surface area contributed by atoms with Gasteiger partial charge in [0.2, 0.25) is 0 Å². The highest BCUT2D eigenvalue weighted by atomic mass is 16.3. The third-order valence-electron chi connectivity index (χ3n) is 8.83. The Morgan fingerprint density at radius 1 is 0.634 bits per heavy atom. The van der Waals surface area contributed by atoms with Crippen LogP contribution in [0.1, 0.15) is 25.0 Å². The summed E-state index contributed by atoms with van der Waals surface area (Å²) in [6.07, 6.45) is 0. The molecule has 3 aromatic heterocycles. The van der Waals surface area contributed by atoms with Gasteiger partial charge in [0.05, 0.1) is 11.0 Å². The number of nitrogens with zero attached hydrogens (tertiary/aromatic N) is 3. The minimum absolute atomic E-state index is 0.114. The Morgan fingerprint density at radius 2 is 1.37 bits per heavy atom. The van der Waals surface area contributed by atoms with E-state index in [1.807, 2.05) is 36.4 Å². The molecule has 0 spiro atoms. The van der Waals surface area contributed by atoms with Gasteiger partial charge in [-0.25, -0.2) is 9.97 Å². The molecule has 8 aromatic rings. The monoisotopic (exact) mass is 527 g/mol. The van der Waals surface area contributed by atoms with E-state index in [1.165, 1.54) is 33.0 Å². The van der Waals surface area contributed by atoms with Crippen molar-refractivity contribution in [1.82, 2.24) is 14.5 Å². The van der Waals surface area contributed by atoms with Crippen LogP contribution in [0.5, 0.6) is 0 Å². The first-order valence-electron chi connectivity index (χ1n) is 14.0.